The Labute approximate surface area is 139 Å². The minimum Gasteiger partial charge on any atom is -0.375 e. The van der Waals surface area contributed by atoms with Gasteiger partial charge >= 0.3 is 5.69 Å². The Hall–Kier alpha value is -2.42. The van der Waals surface area contributed by atoms with Gasteiger partial charge in [-0.1, -0.05) is 25.1 Å². The summed E-state index contributed by atoms with van der Waals surface area (Å²) < 4.78 is 28.8. The summed E-state index contributed by atoms with van der Waals surface area (Å²) in [6.45, 7) is 4.13. The largest absolute Gasteiger partial charge is 0.375 e. The lowest BCUT2D eigenvalue weighted by molar-refractivity contribution is -0.386. The molecule has 0 saturated heterocycles. The number of hydrogen-bond acceptors (Lipinski definition) is 7. The number of anilines is 1. The Bertz CT molecular complexity index is 836. The van der Waals surface area contributed by atoms with E-state index in [9.17, 15) is 18.5 Å². The van der Waals surface area contributed by atoms with Crippen LogP contribution >= 0.6 is 0 Å². The summed E-state index contributed by atoms with van der Waals surface area (Å²) in [5.41, 5.74) is 1.32. The fraction of sp³-hybridized carbons (Fsp3) is 0.400. The highest BCUT2D eigenvalue weighted by atomic mass is 32.2. The van der Waals surface area contributed by atoms with E-state index < -0.39 is 20.4 Å². The molecule has 0 aliphatic heterocycles. The van der Waals surface area contributed by atoms with E-state index in [4.69, 9.17) is 4.52 Å². The van der Waals surface area contributed by atoms with Gasteiger partial charge in [-0.05, 0) is 18.6 Å². The molecule has 0 bridgehead atoms. The molecule has 2 aromatic rings. The number of nitrogens with one attached hydrogen (secondary N) is 1. The molecule has 0 fully saturated rings. The second kappa shape index (κ2) is 7.00. The summed E-state index contributed by atoms with van der Waals surface area (Å²) in [5, 5.41) is 18.3. The van der Waals surface area contributed by atoms with Crippen molar-refractivity contribution in [3.63, 3.8) is 0 Å². The fourth-order valence-corrected chi connectivity index (χ4v) is 3.34. The van der Waals surface area contributed by atoms with Crippen molar-refractivity contribution in [3.05, 3.63) is 45.3 Å². The maximum Gasteiger partial charge on any atom is 0.310 e. The number of rotatable bonds is 7. The summed E-state index contributed by atoms with van der Waals surface area (Å²) in [6.07, 6.45) is 2.27. The molecule has 0 unspecified atom stereocenters. The number of para-hydroxylation sites is 1. The van der Waals surface area contributed by atoms with Crippen molar-refractivity contribution in [1.29, 1.82) is 0 Å². The van der Waals surface area contributed by atoms with Crippen LogP contribution in [0.1, 0.15) is 30.9 Å². The van der Waals surface area contributed by atoms with Crippen molar-refractivity contribution in [1.82, 2.24) is 5.16 Å². The Morgan fingerprint density at radius 2 is 2.00 bits per heavy atom. The average molecular weight is 353 g/mol. The van der Waals surface area contributed by atoms with E-state index in [-0.39, 0.29) is 17.1 Å². The van der Waals surface area contributed by atoms with Gasteiger partial charge in [0, 0.05) is 24.8 Å². The second-order valence-electron chi connectivity index (χ2n) is 5.27. The number of nitro benzene ring substituents is 1. The van der Waals surface area contributed by atoms with Gasteiger partial charge in [-0.15, -0.1) is 0 Å². The van der Waals surface area contributed by atoms with Crippen molar-refractivity contribution >= 4 is 21.2 Å². The van der Waals surface area contributed by atoms with Crippen molar-refractivity contribution in [2.75, 3.05) is 11.6 Å². The van der Waals surface area contributed by atoms with E-state index in [0.29, 0.717) is 18.6 Å². The van der Waals surface area contributed by atoms with Gasteiger partial charge in [0.05, 0.1) is 10.6 Å². The number of aryl methyl sites for hydroxylation is 2. The van der Waals surface area contributed by atoms with E-state index in [0.717, 1.165) is 17.5 Å². The molecule has 1 aromatic heterocycles. The number of aromatic nitrogens is 1. The molecule has 0 spiro atoms. The normalized spacial score (nSPS) is 11.5. The maximum atomic E-state index is 11.8. The van der Waals surface area contributed by atoms with Crippen LogP contribution in [0, 0.1) is 10.1 Å². The molecule has 1 heterocycles. The zero-order valence-electron chi connectivity index (χ0n) is 13.7. The average Bonchev–Trinajstić information content (AvgIpc) is 2.93. The van der Waals surface area contributed by atoms with Gasteiger partial charge in [-0.25, -0.2) is 8.42 Å². The van der Waals surface area contributed by atoms with Crippen LogP contribution < -0.4 is 5.32 Å². The van der Waals surface area contributed by atoms with Gasteiger partial charge in [-0.2, -0.15) is 0 Å². The van der Waals surface area contributed by atoms with Crippen LogP contribution in [0.3, 0.4) is 0 Å². The van der Waals surface area contributed by atoms with Crippen LogP contribution in [0.5, 0.6) is 0 Å². The van der Waals surface area contributed by atoms with Gasteiger partial charge in [0.15, 0.2) is 9.84 Å². The molecule has 2 rings (SSSR count). The fourth-order valence-electron chi connectivity index (χ4n) is 2.47. The lowest BCUT2D eigenvalue weighted by atomic mass is 10.1. The number of benzene rings is 1. The molecule has 0 radical (unpaired) electrons. The molecule has 1 N–H and O–H groups in total. The third-order valence-electron chi connectivity index (χ3n) is 3.64. The van der Waals surface area contributed by atoms with Crippen LogP contribution in [0.4, 0.5) is 11.4 Å². The zero-order valence-corrected chi connectivity index (χ0v) is 14.5. The van der Waals surface area contributed by atoms with Crippen molar-refractivity contribution in [2.45, 2.75) is 38.1 Å². The topological polar surface area (TPSA) is 115 Å². The molecule has 8 nitrogen and oxygen atoms in total. The highest BCUT2D eigenvalue weighted by Crippen LogP contribution is 2.32. The Morgan fingerprint density at radius 1 is 1.29 bits per heavy atom. The first-order valence-corrected chi connectivity index (χ1v) is 9.36. The molecule has 0 aliphatic rings. The molecular formula is C15H19N3O5S. The standard InChI is InChI=1S/C15H19N3O5S/c1-4-11-10(13(5-2)23-17-11)9-16-12-7-6-8-14(24(3,21)22)15(12)18(19)20/h6-8,16H,4-5,9H2,1-3H3. The Morgan fingerprint density at radius 3 is 2.54 bits per heavy atom. The second-order valence-corrected chi connectivity index (χ2v) is 7.26. The lowest BCUT2D eigenvalue weighted by Gasteiger charge is -2.10. The first kappa shape index (κ1) is 17.9. The molecule has 1 aromatic carbocycles. The van der Waals surface area contributed by atoms with E-state index in [1.807, 2.05) is 13.8 Å². The van der Waals surface area contributed by atoms with Gasteiger partial charge in [0.2, 0.25) is 0 Å². The summed E-state index contributed by atoms with van der Waals surface area (Å²) >= 11 is 0. The molecule has 24 heavy (non-hydrogen) atoms. The summed E-state index contributed by atoms with van der Waals surface area (Å²) in [4.78, 5) is 10.4. The highest BCUT2D eigenvalue weighted by molar-refractivity contribution is 7.90. The van der Waals surface area contributed by atoms with E-state index in [1.54, 1.807) is 0 Å². The zero-order chi connectivity index (χ0) is 17.9. The molecule has 0 saturated carbocycles. The highest BCUT2D eigenvalue weighted by Gasteiger charge is 2.26. The molecular weight excluding hydrogens is 334 g/mol. The Kier molecular flexibility index (Phi) is 5.23. The first-order valence-electron chi connectivity index (χ1n) is 7.47. The van der Waals surface area contributed by atoms with E-state index in [2.05, 4.69) is 10.5 Å². The predicted molar refractivity (Wildman–Crippen MR) is 88.8 cm³/mol. The van der Waals surface area contributed by atoms with Gasteiger partial charge in [-0.3, -0.25) is 10.1 Å². The maximum absolute atomic E-state index is 11.8. The molecule has 130 valence electrons. The van der Waals surface area contributed by atoms with Gasteiger partial charge in [0.25, 0.3) is 0 Å². The molecule has 9 heteroatoms. The summed E-state index contributed by atoms with van der Waals surface area (Å²) in [5.74, 6) is 0.710. The quantitative estimate of drug-likeness (QED) is 0.601. The molecule has 0 aliphatic carbocycles. The van der Waals surface area contributed by atoms with Crippen LogP contribution in [-0.2, 0) is 29.2 Å². The first-order chi connectivity index (χ1) is 11.3. The third kappa shape index (κ3) is 3.56. The Balaban J connectivity index is 2.41. The number of sulfone groups is 1. The van der Waals surface area contributed by atoms with Crippen LogP contribution in [0.15, 0.2) is 27.6 Å². The molecule has 0 atom stereocenters. The minimum atomic E-state index is -3.71. The van der Waals surface area contributed by atoms with E-state index in [1.165, 1.54) is 18.2 Å². The summed E-state index contributed by atoms with van der Waals surface area (Å²) in [7, 11) is -3.71. The SMILES string of the molecule is CCc1noc(CC)c1CNc1cccc(S(C)(=O)=O)c1[N+](=O)[O-]. The van der Waals surface area contributed by atoms with Crippen molar-refractivity contribution in [3.8, 4) is 0 Å². The van der Waals surface area contributed by atoms with Crippen LogP contribution in [0.25, 0.3) is 0 Å². The predicted octanol–water partition coefficient (Wildman–Crippen LogP) is 2.72. The number of nitrogens with zero attached hydrogens (tertiary/aromatic N) is 2. The lowest BCUT2D eigenvalue weighted by Crippen LogP contribution is -2.09. The minimum absolute atomic E-state index is 0.147. The van der Waals surface area contributed by atoms with Crippen molar-refractivity contribution in [2.24, 2.45) is 0 Å². The third-order valence-corrected chi connectivity index (χ3v) is 4.77. The van der Waals surface area contributed by atoms with Crippen LogP contribution in [-0.4, -0.2) is 24.8 Å². The number of nitro groups is 1. The monoisotopic (exact) mass is 353 g/mol. The number of hydrogen-bond donors (Lipinski definition) is 1. The molecule has 0 amide bonds. The van der Waals surface area contributed by atoms with Gasteiger partial charge in [0.1, 0.15) is 16.3 Å². The smallest absolute Gasteiger partial charge is 0.310 e. The van der Waals surface area contributed by atoms with Crippen molar-refractivity contribution < 1.29 is 17.9 Å². The van der Waals surface area contributed by atoms with Gasteiger partial charge < -0.3 is 9.84 Å². The van der Waals surface area contributed by atoms with E-state index >= 15 is 0 Å². The van der Waals surface area contributed by atoms with Crippen LogP contribution in [0.2, 0.25) is 0 Å². The summed E-state index contributed by atoms with van der Waals surface area (Å²) in [6, 6.07) is 4.19.